The standard InChI is InChI=1S/C15H22O3/c16-15(6-9-1-4-13-14(5-9)18-13)17-12-3-2-10-7-11(10)8-12/h9-14H,1-8H2. The van der Waals surface area contributed by atoms with Crippen molar-refractivity contribution in [1.29, 1.82) is 0 Å². The van der Waals surface area contributed by atoms with Crippen LogP contribution in [0.5, 0.6) is 0 Å². The first kappa shape index (κ1) is 11.3. The average molecular weight is 250 g/mol. The lowest BCUT2D eigenvalue weighted by molar-refractivity contribution is -0.152. The van der Waals surface area contributed by atoms with Gasteiger partial charge in [0.15, 0.2) is 0 Å². The number of esters is 1. The number of hydrogen-bond donors (Lipinski definition) is 0. The zero-order valence-electron chi connectivity index (χ0n) is 10.8. The number of rotatable bonds is 3. The molecule has 4 rings (SSSR count). The molecule has 3 nitrogen and oxygen atoms in total. The monoisotopic (exact) mass is 250 g/mol. The van der Waals surface area contributed by atoms with Crippen molar-refractivity contribution in [3.63, 3.8) is 0 Å². The van der Waals surface area contributed by atoms with Gasteiger partial charge in [0, 0.05) is 6.42 Å². The van der Waals surface area contributed by atoms with E-state index in [1.807, 2.05) is 0 Å². The average Bonchev–Trinajstić information content (AvgIpc) is 3.22. The van der Waals surface area contributed by atoms with Crippen LogP contribution in [0.3, 0.4) is 0 Å². The number of carbonyl (C=O) groups excluding carboxylic acids is 1. The SMILES string of the molecule is O=C(CC1CCC2OC2C1)OC1CCC2CC2C1. The molecule has 0 spiro atoms. The highest BCUT2D eigenvalue weighted by atomic mass is 16.6. The molecule has 3 saturated carbocycles. The summed E-state index contributed by atoms with van der Waals surface area (Å²) in [5.41, 5.74) is 0. The molecular formula is C15H22O3. The van der Waals surface area contributed by atoms with Crippen LogP contribution in [0.1, 0.15) is 51.4 Å². The number of carbonyl (C=O) groups is 1. The second kappa shape index (κ2) is 4.22. The third kappa shape index (κ3) is 2.29. The van der Waals surface area contributed by atoms with Crippen molar-refractivity contribution in [2.45, 2.75) is 69.7 Å². The first-order chi connectivity index (χ1) is 8.78. The third-order valence-corrected chi connectivity index (χ3v) is 5.36. The van der Waals surface area contributed by atoms with Gasteiger partial charge in [-0.1, -0.05) is 0 Å². The maximum Gasteiger partial charge on any atom is 0.306 e. The van der Waals surface area contributed by atoms with E-state index in [9.17, 15) is 4.79 Å². The Morgan fingerprint density at radius 2 is 1.94 bits per heavy atom. The maximum atomic E-state index is 12.0. The predicted molar refractivity (Wildman–Crippen MR) is 65.9 cm³/mol. The quantitative estimate of drug-likeness (QED) is 0.571. The molecule has 4 aliphatic rings. The van der Waals surface area contributed by atoms with Gasteiger partial charge in [-0.25, -0.2) is 0 Å². The van der Waals surface area contributed by atoms with Gasteiger partial charge in [-0.15, -0.1) is 0 Å². The molecule has 0 aromatic carbocycles. The first-order valence-electron chi connectivity index (χ1n) is 7.63. The van der Waals surface area contributed by atoms with Crippen LogP contribution in [0.4, 0.5) is 0 Å². The molecule has 1 heterocycles. The summed E-state index contributed by atoms with van der Waals surface area (Å²) in [7, 11) is 0. The smallest absolute Gasteiger partial charge is 0.306 e. The number of ether oxygens (including phenoxy) is 2. The van der Waals surface area contributed by atoms with Crippen LogP contribution in [0.15, 0.2) is 0 Å². The van der Waals surface area contributed by atoms with Gasteiger partial charge in [0.05, 0.1) is 12.2 Å². The van der Waals surface area contributed by atoms with E-state index in [1.165, 1.54) is 12.8 Å². The molecular weight excluding hydrogens is 228 g/mol. The summed E-state index contributed by atoms with van der Waals surface area (Å²) in [5, 5.41) is 0. The molecule has 0 N–H and O–H groups in total. The van der Waals surface area contributed by atoms with Gasteiger partial charge in [0.2, 0.25) is 0 Å². The van der Waals surface area contributed by atoms with Crippen LogP contribution in [0.25, 0.3) is 0 Å². The fourth-order valence-electron chi connectivity index (χ4n) is 4.06. The van der Waals surface area contributed by atoms with E-state index in [2.05, 4.69) is 0 Å². The van der Waals surface area contributed by atoms with Crippen molar-refractivity contribution < 1.29 is 14.3 Å². The van der Waals surface area contributed by atoms with Crippen LogP contribution in [0.2, 0.25) is 0 Å². The lowest BCUT2D eigenvalue weighted by atomic mass is 9.87. The largest absolute Gasteiger partial charge is 0.462 e. The Hall–Kier alpha value is -0.570. The van der Waals surface area contributed by atoms with Crippen LogP contribution in [-0.4, -0.2) is 24.3 Å². The molecule has 3 heteroatoms. The molecule has 100 valence electrons. The Morgan fingerprint density at radius 1 is 1.00 bits per heavy atom. The van der Waals surface area contributed by atoms with E-state index in [-0.39, 0.29) is 12.1 Å². The minimum absolute atomic E-state index is 0.0446. The Morgan fingerprint density at radius 3 is 2.78 bits per heavy atom. The molecule has 6 atom stereocenters. The van der Waals surface area contributed by atoms with Crippen LogP contribution in [-0.2, 0) is 14.3 Å². The minimum atomic E-state index is 0.0446. The Bertz CT molecular complexity index is 322. The minimum Gasteiger partial charge on any atom is -0.462 e. The highest BCUT2D eigenvalue weighted by molar-refractivity contribution is 5.70. The Balaban J connectivity index is 1.23. The summed E-state index contributed by atoms with van der Waals surface area (Å²) >= 11 is 0. The van der Waals surface area contributed by atoms with Crippen molar-refractivity contribution in [1.82, 2.24) is 0 Å². The van der Waals surface area contributed by atoms with Gasteiger partial charge < -0.3 is 9.47 Å². The van der Waals surface area contributed by atoms with Gasteiger partial charge in [-0.2, -0.15) is 0 Å². The summed E-state index contributed by atoms with van der Waals surface area (Å²) in [4.78, 5) is 12.0. The molecule has 6 unspecified atom stereocenters. The molecule has 0 aromatic rings. The molecule has 18 heavy (non-hydrogen) atoms. The lowest BCUT2D eigenvalue weighted by Gasteiger charge is -2.23. The summed E-state index contributed by atoms with van der Waals surface area (Å²) in [6, 6.07) is 0. The van der Waals surface area contributed by atoms with E-state index in [0.29, 0.717) is 24.5 Å². The fourth-order valence-corrected chi connectivity index (χ4v) is 4.06. The Kier molecular flexibility index (Phi) is 2.65. The van der Waals surface area contributed by atoms with Gasteiger partial charge in [0.1, 0.15) is 6.10 Å². The van der Waals surface area contributed by atoms with E-state index in [0.717, 1.165) is 43.9 Å². The van der Waals surface area contributed by atoms with Crippen molar-refractivity contribution in [3.8, 4) is 0 Å². The van der Waals surface area contributed by atoms with E-state index in [1.54, 1.807) is 0 Å². The highest BCUT2D eigenvalue weighted by Gasteiger charge is 2.45. The van der Waals surface area contributed by atoms with E-state index >= 15 is 0 Å². The van der Waals surface area contributed by atoms with Crippen LogP contribution < -0.4 is 0 Å². The third-order valence-electron chi connectivity index (χ3n) is 5.36. The summed E-state index contributed by atoms with van der Waals surface area (Å²) < 4.78 is 11.2. The number of fused-ring (bicyclic) bond motifs is 2. The van der Waals surface area contributed by atoms with Crippen LogP contribution in [0, 0.1) is 17.8 Å². The molecule has 3 aliphatic carbocycles. The Labute approximate surface area is 108 Å². The van der Waals surface area contributed by atoms with Crippen molar-refractivity contribution in [2.75, 3.05) is 0 Å². The fraction of sp³-hybridized carbons (Fsp3) is 0.933. The van der Waals surface area contributed by atoms with Gasteiger partial charge >= 0.3 is 5.97 Å². The normalized spacial score (nSPS) is 48.9. The summed E-state index contributed by atoms with van der Waals surface area (Å²) in [6.45, 7) is 0. The lowest BCUT2D eigenvalue weighted by Crippen LogP contribution is -2.24. The van der Waals surface area contributed by atoms with E-state index in [4.69, 9.17) is 9.47 Å². The second-order valence-corrected chi connectivity index (χ2v) is 6.78. The second-order valence-electron chi connectivity index (χ2n) is 6.78. The predicted octanol–water partition coefficient (Wildman–Crippen LogP) is 2.68. The first-order valence-corrected chi connectivity index (χ1v) is 7.63. The topological polar surface area (TPSA) is 38.8 Å². The number of hydrogen-bond acceptors (Lipinski definition) is 3. The van der Waals surface area contributed by atoms with Gasteiger partial charge in [0.25, 0.3) is 0 Å². The number of epoxide rings is 1. The molecule has 0 aromatic heterocycles. The molecule has 0 radical (unpaired) electrons. The van der Waals surface area contributed by atoms with Gasteiger partial charge in [-0.05, 0) is 62.7 Å². The summed E-state index contributed by atoms with van der Waals surface area (Å²) in [6.07, 6.45) is 10.1. The molecule has 0 bridgehead atoms. The van der Waals surface area contributed by atoms with Crippen molar-refractivity contribution in [2.24, 2.45) is 17.8 Å². The maximum absolute atomic E-state index is 12.0. The zero-order chi connectivity index (χ0) is 12.1. The molecule has 4 fully saturated rings. The van der Waals surface area contributed by atoms with Crippen molar-refractivity contribution in [3.05, 3.63) is 0 Å². The molecule has 1 aliphatic heterocycles. The van der Waals surface area contributed by atoms with E-state index < -0.39 is 0 Å². The van der Waals surface area contributed by atoms with Gasteiger partial charge in [-0.3, -0.25) is 4.79 Å². The van der Waals surface area contributed by atoms with Crippen molar-refractivity contribution >= 4 is 5.97 Å². The summed E-state index contributed by atoms with van der Waals surface area (Å²) in [5.74, 6) is 2.41. The molecule has 0 amide bonds. The highest BCUT2D eigenvalue weighted by Crippen LogP contribution is 2.50. The molecule has 1 saturated heterocycles. The zero-order valence-corrected chi connectivity index (χ0v) is 10.8. The van der Waals surface area contributed by atoms with Crippen LogP contribution >= 0.6 is 0 Å².